The third-order valence-electron chi connectivity index (χ3n) is 4.50. The van der Waals surface area contributed by atoms with Crippen LogP contribution >= 0.6 is 0 Å². The number of likely N-dealkylation sites (tertiary alicyclic amines) is 1. The van der Waals surface area contributed by atoms with E-state index >= 15 is 0 Å². The number of ether oxygens (including phenoxy) is 1. The smallest absolute Gasteiger partial charge is 0.410 e. The van der Waals surface area contributed by atoms with Gasteiger partial charge in [0.1, 0.15) is 5.60 Å². The van der Waals surface area contributed by atoms with E-state index < -0.39 is 5.60 Å². The fourth-order valence-corrected chi connectivity index (χ4v) is 3.49. The zero-order valence-electron chi connectivity index (χ0n) is 13.1. The molecule has 4 heteroatoms. The Bertz CT molecular complexity index is 556. The van der Waals surface area contributed by atoms with Crippen molar-refractivity contribution in [3.8, 4) is 0 Å². The standard InChI is InChI=1S/C17H24N2O2/c1-16(2,3)21-15(20)19-10-17(11-19)9-8-14(18)12-6-4-5-7-13(12)17/h4-7,14H,8-11,18H2,1-3H3. The summed E-state index contributed by atoms with van der Waals surface area (Å²) in [4.78, 5) is 13.9. The fourth-order valence-electron chi connectivity index (χ4n) is 3.49. The highest BCUT2D eigenvalue weighted by Gasteiger charge is 2.50. The minimum absolute atomic E-state index is 0.0867. The SMILES string of the molecule is CC(C)(C)OC(=O)N1CC2(CCC(N)c3ccccc32)C1. The van der Waals surface area contributed by atoms with E-state index in [0.717, 1.165) is 25.9 Å². The molecule has 0 aromatic heterocycles. The molecule has 1 aliphatic carbocycles. The topological polar surface area (TPSA) is 55.6 Å². The summed E-state index contributed by atoms with van der Waals surface area (Å²) in [6, 6.07) is 8.52. The first-order chi connectivity index (χ1) is 9.81. The summed E-state index contributed by atoms with van der Waals surface area (Å²) >= 11 is 0. The summed E-state index contributed by atoms with van der Waals surface area (Å²) in [6.07, 6.45) is 1.82. The van der Waals surface area contributed by atoms with Crippen molar-refractivity contribution >= 4 is 6.09 Å². The summed E-state index contributed by atoms with van der Waals surface area (Å²) in [5, 5.41) is 0. The molecule has 0 saturated carbocycles. The lowest BCUT2D eigenvalue weighted by Crippen LogP contribution is -2.63. The van der Waals surface area contributed by atoms with Crippen molar-refractivity contribution in [1.82, 2.24) is 4.90 Å². The molecule has 1 aromatic carbocycles. The first kappa shape index (κ1) is 14.4. The Hall–Kier alpha value is -1.55. The van der Waals surface area contributed by atoms with Gasteiger partial charge in [0.15, 0.2) is 0 Å². The Labute approximate surface area is 126 Å². The monoisotopic (exact) mass is 288 g/mol. The number of amides is 1. The number of hydrogen-bond acceptors (Lipinski definition) is 3. The third-order valence-corrected chi connectivity index (χ3v) is 4.50. The second kappa shape index (κ2) is 4.73. The average Bonchev–Trinajstić information content (AvgIpc) is 2.35. The van der Waals surface area contributed by atoms with Gasteiger partial charge in [-0.2, -0.15) is 0 Å². The van der Waals surface area contributed by atoms with E-state index in [2.05, 4.69) is 18.2 Å². The summed E-state index contributed by atoms with van der Waals surface area (Å²) in [5.74, 6) is 0. The van der Waals surface area contributed by atoms with Crippen LogP contribution in [0.1, 0.15) is 50.8 Å². The molecule has 4 nitrogen and oxygen atoms in total. The molecule has 2 aliphatic rings. The Kier molecular flexibility index (Phi) is 3.24. The van der Waals surface area contributed by atoms with E-state index in [-0.39, 0.29) is 17.6 Å². The van der Waals surface area contributed by atoms with Crippen molar-refractivity contribution in [2.75, 3.05) is 13.1 Å². The van der Waals surface area contributed by atoms with E-state index in [1.807, 2.05) is 26.8 Å². The quantitative estimate of drug-likeness (QED) is 0.798. The van der Waals surface area contributed by atoms with Crippen molar-refractivity contribution in [1.29, 1.82) is 0 Å². The molecule has 2 N–H and O–H groups in total. The van der Waals surface area contributed by atoms with Crippen LogP contribution in [0.25, 0.3) is 0 Å². The van der Waals surface area contributed by atoms with Crippen LogP contribution < -0.4 is 5.73 Å². The molecule has 21 heavy (non-hydrogen) atoms. The molecule has 0 bridgehead atoms. The molecular weight excluding hydrogens is 264 g/mol. The minimum Gasteiger partial charge on any atom is -0.444 e. The number of nitrogens with two attached hydrogens (primary N) is 1. The van der Waals surface area contributed by atoms with Gasteiger partial charge in [-0.1, -0.05) is 24.3 Å². The molecule has 3 rings (SSSR count). The molecule has 1 aromatic rings. The van der Waals surface area contributed by atoms with Gasteiger partial charge >= 0.3 is 6.09 Å². The van der Waals surface area contributed by atoms with Gasteiger partial charge in [0.05, 0.1) is 0 Å². The maximum Gasteiger partial charge on any atom is 0.410 e. The molecule has 1 heterocycles. The van der Waals surface area contributed by atoms with Crippen LogP contribution in [0, 0.1) is 0 Å². The third kappa shape index (κ3) is 2.53. The summed E-state index contributed by atoms with van der Waals surface area (Å²) in [6.45, 7) is 7.18. The highest BCUT2D eigenvalue weighted by atomic mass is 16.6. The van der Waals surface area contributed by atoms with Gasteiger partial charge in [-0.15, -0.1) is 0 Å². The van der Waals surface area contributed by atoms with E-state index in [1.165, 1.54) is 11.1 Å². The number of carbonyl (C=O) groups excluding carboxylic acids is 1. The molecule has 0 radical (unpaired) electrons. The summed E-state index contributed by atoms with van der Waals surface area (Å²) < 4.78 is 5.45. The first-order valence-corrected chi connectivity index (χ1v) is 7.64. The summed E-state index contributed by atoms with van der Waals surface area (Å²) in [7, 11) is 0. The van der Waals surface area contributed by atoms with Crippen LogP contribution in [0.4, 0.5) is 4.79 Å². The normalized spacial score (nSPS) is 23.4. The van der Waals surface area contributed by atoms with Crippen molar-refractivity contribution in [2.45, 2.75) is 50.7 Å². The van der Waals surface area contributed by atoms with E-state index in [4.69, 9.17) is 10.5 Å². The fraction of sp³-hybridized carbons (Fsp3) is 0.588. The Morgan fingerprint density at radius 1 is 1.33 bits per heavy atom. The van der Waals surface area contributed by atoms with Crippen LogP contribution in [-0.2, 0) is 10.2 Å². The Morgan fingerprint density at radius 3 is 2.67 bits per heavy atom. The van der Waals surface area contributed by atoms with Crippen LogP contribution in [0.3, 0.4) is 0 Å². The largest absolute Gasteiger partial charge is 0.444 e. The lowest BCUT2D eigenvalue weighted by Gasteiger charge is -2.53. The van der Waals surface area contributed by atoms with Crippen molar-refractivity contribution in [3.05, 3.63) is 35.4 Å². The van der Waals surface area contributed by atoms with Gasteiger partial charge in [-0.25, -0.2) is 4.79 Å². The second-order valence-corrected chi connectivity index (χ2v) is 7.35. The number of hydrogen-bond donors (Lipinski definition) is 1. The van der Waals surface area contributed by atoms with Gasteiger partial charge in [0.2, 0.25) is 0 Å². The van der Waals surface area contributed by atoms with Crippen molar-refractivity contribution < 1.29 is 9.53 Å². The van der Waals surface area contributed by atoms with Crippen LogP contribution in [0.5, 0.6) is 0 Å². The predicted octanol–water partition coefficient (Wildman–Crippen LogP) is 2.97. The maximum atomic E-state index is 12.1. The Balaban J connectivity index is 1.76. The molecule has 1 aliphatic heterocycles. The van der Waals surface area contributed by atoms with Gasteiger partial charge in [-0.05, 0) is 44.7 Å². The van der Waals surface area contributed by atoms with E-state index in [1.54, 1.807) is 4.90 Å². The van der Waals surface area contributed by atoms with E-state index in [0.29, 0.717) is 0 Å². The average molecular weight is 288 g/mol. The zero-order chi connectivity index (χ0) is 15.3. The molecular formula is C17H24N2O2. The first-order valence-electron chi connectivity index (χ1n) is 7.64. The van der Waals surface area contributed by atoms with Crippen molar-refractivity contribution in [2.24, 2.45) is 5.73 Å². The Morgan fingerprint density at radius 2 is 2.00 bits per heavy atom. The van der Waals surface area contributed by atoms with Crippen LogP contribution in [0.15, 0.2) is 24.3 Å². The molecule has 1 saturated heterocycles. The number of fused-ring (bicyclic) bond motifs is 2. The minimum atomic E-state index is -0.438. The highest BCUT2D eigenvalue weighted by molar-refractivity contribution is 5.70. The number of nitrogens with zero attached hydrogens (tertiary/aromatic N) is 1. The molecule has 1 fully saturated rings. The lowest BCUT2D eigenvalue weighted by atomic mass is 9.64. The number of carbonyl (C=O) groups is 1. The van der Waals surface area contributed by atoms with Crippen molar-refractivity contribution in [3.63, 3.8) is 0 Å². The van der Waals surface area contributed by atoms with Crippen LogP contribution in [-0.4, -0.2) is 29.7 Å². The van der Waals surface area contributed by atoms with Gasteiger partial charge < -0.3 is 15.4 Å². The van der Waals surface area contributed by atoms with E-state index in [9.17, 15) is 4.79 Å². The van der Waals surface area contributed by atoms with Gasteiger partial charge in [-0.3, -0.25) is 0 Å². The molecule has 1 amide bonds. The zero-order valence-corrected chi connectivity index (χ0v) is 13.1. The molecule has 114 valence electrons. The number of benzene rings is 1. The lowest BCUT2D eigenvalue weighted by molar-refractivity contribution is -0.0142. The molecule has 1 atom stereocenters. The van der Waals surface area contributed by atoms with Crippen LogP contribution in [0.2, 0.25) is 0 Å². The highest BCUT2D eigenvalue weighted by Crippen LogP contribution is 2.46. The van der Waals surface area contributed by atoms with Gasteiger partial charge in [0, 0.05) is 24.5 Å². The summed E-state index contributed by atoms with van der Waals surface area (Å²) in [5.41, 5.74) is 8.43. The van der Waals surface area contributed by atoms with Gasteiger partial charge in [0.25, 0.3) is 0 Å². The number of rotatable bonds is 0. The molecule has 1 spiro atoms. The second-order valence-electron chi connectivity index (χ2n) is 7.35. The predicted molar refractivity (Wildman–Crippen MR) is 82.1 cm³/mol. The maximum absolute atomic E-state index is 12.1. The molecule has 1 unspecified atom stereocenters.